The van der Waals surface area contributed by atoms with Crippen LogP contribution in [0.25, 0.3) is 0 Å². The first-order chi connectivity index (χ1) is 7.58. The Morgan fingerprint density at radius 2 is 2.25 bits per heavy atom. The minimum absolute atomic E-state index is 0.203. The Balaban J connectivity index is 2.79. The van der Waals surface area contributed by atoms with Crippen molar-refractivity contribution in [2.45, 2.75) is 6.10 Å². The molecule has 0 saturated heterocycles. The van der Waals surface area contributed by atoms with Crippen LogP contribution in [0, 0.1) is 3.57 Å². The normalized spacial score (nSPS) is 12.3. The number of aliphatic hydroxyl groups is 1. The highest BCUT2D eigenvalue weighted by molar-refractivity contribution is 14.1. The molecule has 0 aliphatic rings. The van der Waals surface area contributed by atoms with Crippen LogP contribution in [-0.4, -0.2) is 30.7 Å². The van der Waals surface area contributed by atoms with E-state index in [1.807, 2.05) is 0 Å². The van der Waals surface area contributed by atoms with Crippen molar-refractivity contribution < 1.29 is 9.84 Å². The van der Waals surface area contributed by atoms with Crippen LogP contribution in [0.15, 0.2) is 12.1 Å². The van der Waals surface area contributed by atoms with E-state index in [2.05, 4.69) is 27.9 Å². The third-order valence-corrected chi connectivity index (χ3v) is 3.49. The number of hydrogen-bond donors (Lipinski definition) is 2. The van der Waals surface area contributed by atoms with Crippen molar-refractivity contribution in [2.75, 3.05) is 24.9 Å². The van der Waals surface area contributed by atoms with E-state index < -0.39 is 6.10 Å². The van der Waals surface area contributed by atoms with E-state index in [4.69, 9.17) is 27.9 Å². The van der Waals surface area contributed by atoms with E-state index in [0.717, 1.165) is 9.26 Å². The first kappa shape index (κ1) is 14.2. The number of aliphatic hydroxyl groups excluding tert-OH is 1. The van der Waals surface area contributed by atoms with E-state index in [9.17, 15) is 5.11 Å². The molecule has 3 nitrogen and oxygen atoms in total. The molecule has 0 radical (unpaired) electrons. The summed E-state index contributed by atoms with van der Waals surface area (Å²) in [6.45, 7) is 0.393. The van der Waals surface area contributed by atoms with E-state index in [1.165, 1.54) is 0 Å². The standard InChI is InChI=1S/C10H12Cl2INO2/c1-16-10-3-9(8(13)2-7(10)12)14-5-6(15)4-11/h2-3,6,14-15H,4-5H2,1H3. The SMILES string of the molecule is COc1cc(NCC(O)CCl)c(I)cc1Cl. The molecule has 1 atom stereocenters. The van der Waals surface area contributed by atoms with E-state index in [0.29, 0.717) is 17.3 Å². The molecule has 0 aromatic heterocycles. The summed E-state index contributed by atoms with van der Waals surface area (Å²) in [7, 11) is 1.56. The molecule has 0 heterocycles. The summed E-state index contributed by atoms with van der Waals surface area (Å²) >= 11 is 13.6. The highest BCUT2D eigenvalue weighted by Gasteiger charge is 2.08. The number of alkyl halides is 1. The van der Waals surface area contributed by atoms with Gasteiger partial charge in [0.15, 0.2) is 0 Å². The first-order valence-corrected chi connectivity index (χ1v) is 6.58. The second kappa shape index (κ2) is 6.74. The van der Waals surface area contributed by atoms with Gasteiger partial charge in [-0.3, -0.25) is 0 Å². The summed E-state index contributed by atoms with van der Waals surface area (Å²) < 4.78 is 6.07. The van der Waals surface area contributed by atoms with E-state index in [1.54, 1.807) is 19.2 Å². The molecular weight excluding hydrogens is 364 g/mol. The molecule has 0 bridgehead atoms. The number of benzene rings is 1. The minimum atomic E-state index is -0.570. The maximum absolute atomic E-state index is 9.34. The van der Waals surface area contributed by atoms with Crippen molar-refractivity contribution in [2.24, 2.45) is 0 Å². The van der Waals surface area contributed by atoms with E-state index in [-0.39, 0.29) is 5.88 Å². The van der Waals surface area contributed by atoms with Crippen molar-refractivity contribution >= 4 is 51.5 Å². The van der Waals surface area contributed by atoms with Crippen LogP contribution < -0.4 is 10.1 Å². The molecule has 2 N–H and O–H groups in total. The van der Waals surface area contributed by atoms with Gasteiger partial charge in [-0.1, -0.05) is 11.6 Å². The zero-order chi connectivity index (χ0) is 12.1. The Labute approximate surface area is 118 Å². The molecule has 1 unspecified atom stereocenters. The Morgan fingerprint density at radius 3 is 2.81 bits per heavy atom. The Hall–Kier alpha value is 0.0900. The summed E-state index contributed by atoms with van der Waals surface area (Å²) in [6.07, 6.45) is -0.570. The maximum atomic E-state index is 9.34. The lowest BCUT2D eigenvalue weighted by Crippen LogP contribution is -2.21. The molecular formula is C10H12Cl2INO2. The van der Waals surface area contributed by atoms with Gasteiger partial charge in [0.05, 0.1) is 29.8 Å². The molecule has 0 spiro atoms. The molecule has 6 heteroatoms. The summed E-state index contributed by atoms with van der Waals surface area (Å²) in [6, 6.07) is 3.60. The Morgan fingerprint density at radius 1 is 1.56 bits per heavy atom. The van der Waals surface area contributed by atoms with Crippen LogP contribution in [0.3, 0.4) is 0 Å². The van der Waals surface area contributed by atoms with E-state index >= 15 is 0 Å². The first-order valence-electron chi connectivity index (χ1n) is 4.59. The lowest BCUT2D eigenvalue weighted by molar-refractivity contribution is 0.211. The number of halogens is 3. The largest absolute Gasteiger partial charge is 0.495 e. The molecule has 1 aromatic carbocycles. The van der Waals surface area contributed by atoms with Crippen LogP contribution in [-0.2, 0) is 0 Å². The smallest absolute Gasteiger partial charge is 0.139 e. The molecule has 0 fully saturated rings. The lowest BCUT2D eigenvalue weighted by atomic mass is 10.3. The quantitative estimate of drug-likeness (QED) is 0.614. The molecule has 0 saturated carbocycles. The van der Waals surface area contributed by atoms with Crippen molar-refractivity contribution in [3.8, 4) is 5.75 Å². The maximum Gasteiger partial charge on any atom is 0.139 e. The van der Waals surface area contributed by atoms with Crippen molar-refractivity contribution in [3.05, 3.63) is 20.7 Å². The molecule has 90 valence electrons. The van der Waals surface area contributed by atoms with Crippen molar-refractivity contribution in [1.82, 2.24) is 0 Å². The van der Waals surface area contributed by atoms with Gasteiger partial charge in [-0.2, -0.15) is 0 Å². The van der Waals surface area contributed by atoms with Crippen LogP contribution in [0.1, 0.15) is 0 Å². The third-order valence-electron chi connectivity index (χ3n) is 1.95. The van der Waals surface area contributed by atoms with Gasteiger partial charge in [-0.25, -0.2) is 0 Å². The molecule has 1 rings (SSSR count). The third kappa shape index (κ3) is 3.84. The summed E-state index contributed by atoms with van der Waals surface area (Å²) in [5.74, 6) is 0.804. The second-order valence-corrected chi connectivity index (χ2v) is 5.03. The van der Waals surface area contributed by atoms with Crippen LogP contribution in [0.4, 0.5) is 5.69 Å². The number of rotatable bonds is 5. The fraction of sp³-hybridized carbons (Fsp3) is 0.400. The van der Waals surface area contributed by atoms with Gasteiger partial charge in [0.2, 0.25) is 0 Å². The summed E-state index contributed by atoms with van der Waals surface area (Å²) in [5, 5.41) is 13.0. The fourth-order valence-electron chi connectivity index (χ4n) is 1.10. The number of nitrogens with one attached hydrogen (secondary N) is 1. The van der Waals surface area contributed by atoms with Gasteiger partial charge in [-0.15, -0.1) is 11.6 Å². The Bertz CT molecular complexity index is 363. The highest BCUT2D eigenvalue weighted by atomic mass is 127. The topological polar surface area (TPSA) is 41.5 Å². The van der Waals surface area contributed by atoms with Crippen LogP contribution in [0.5, 0.6) is 5.75 Å². The number of ether oxygens (including phenoxy) is 1. The second-order valence-electron chi connectivity index (χ2n) is 3.16. The van der Waals surface area contributed by atoms with Gasteiger partial charge in [-0.05, 0) is 28.7 Å². The minimum Gasteiger partial charge on any atom is -0.495 e. The number of methoxy groups -OCH3 is 1. The average Bonchev–Trinajstić information content (AvgIpc) is 2.27. The zero-order valence-electron chi connectivity index (χ0n) is 8.64. The zero-order valence-corrected chi connectivity index (χ0v) is 12.3. The van der Waals surface area contributed by atoms with Gasteiger partial charge < -0.3 is 15.2 Å². The lowest BCUT2D eigenvalue weighted by Gasteiger charge is -2.13. The predicted octanol–water partition coefficient (Wildman–Crippen LogP) is 2.96. The molecule has 0 aliphatic carbocycles. The monoisotopic (exact) mass is 375 g/mol. The molecule has 0 amide bonds. The van der Waals surface area contributed by atoms with Gasteiger partial charge in [0.1, 0.15) is 5.75 Å². The number of anilines is 1. The highest BCUT2D eigenvalue weighted by Crippen LogP contribution is 2.31. The summed E-state index contributed by atoms with van der Waals surface area (Å²) in [4.78, 5) is 0. The fourth-order valence-corrected chi connectivity index (χ4v) is 2.30. The molecule has 1 aromatic rings. The van der Waals surface area contributed by atoms with Gasteiger partial charge >= 0.3 is 0 Å². The van der Waals surface area contributed by atoms with Crippen LogP contribution in [0.2, 0.25) is 5.02 Å². The van der Waals surface area contributed by atoms with Crippen LogP contribution >= 0.6 is 45.8 Å². The predicted molar refractivity (Wildman–Crippen MR) is 75.9 cm³/mol. The summed E-state index contributed by atoms with van der Waals surface area (Å²) in [5.41, 5.74) is 0.867. The van der Waals surface area contributed by atoms with Gasteiger partial charge in [0, 0.05) is 16.2 Å². The van der Waals surface area contributed by atoms with Crippen molar-refractivity contribution in [3.63, 3.8) is 0 Å². The van der Waals surface area contributed by atoms with Gasteiger partial charge in [0.25, 0.3) is 0 Å². The number of hydrogen-bond acceptors (Lipinski definition) is 3. The van der Waals surface area contributed by atoms with Crippen molar-refractivity contribution in [1.29, 1.82) is 0 Å². The molecule has 0 aliphatic heterocycles. The average molecular weight is 376 g/mol. The Kier molecular flexibility index (Phi) is 5.96. The molecule has 16 heavy (non-hydrogen) atoms.